The van der Waals surface area contributed by atoms with Gasteiger partial charge in [-0.25, -0.2) is 0 Å². The lowest BCUT2D eigenvalue weighted by Crippen LogP contribution is -2.07. The summed E-state index contributed by atoms with van der Waals surface area (Å²) in [4.78, 5) is 0. The maximum Gasteiger partial charge on any atom is 0.142 e. The molecule has 0 bridgehead atoms. The molecule has 14 heavy (non-hydrogen) atoms. The van der Waals surface area contributed by atoms with Crippen LogP contribution in [0.15, 0.2) is 18.2 Å². The van der Waals surface area contributed by atoms with E-state index in [0.29, 0.717) is 17.1 Å². The minimum atomic E-state index is 0. The van der Waals surface area contributed by atoms with Gasteiger partial charge in [-0.1, -0.05) is 0 Å². The molecule has 1 rings (SSSR count). The standard InChI is InChI=1S/C9H14N2O.2ClH/c1-6(2)12-9-4-3-7(10)5-8(9)11;;/h3-6H,10-11H2,1-2H3;2*1H. The summed E-state index contributed by atoms with van der Waals surface area (Å²) in [5.74, 6) is 0.694. The van der Waals surface area contributed by atoms with Crippen molar-refractivity contribution in [1.82, 2.24) is 0 Å². The number of halogens is 2. The monoisotopic (exact) mass is 238 g/mol. The molecule has 1 aromatic rings. The number of ether oxygens (including phenoxy) is 1. The second-order valence-electron chi connectivity index (χ2n) is 2.96. The number of nitrogen functional groups attached to an aromatic ring is 2. The highest BCUT2D eigenvalue weighted by molar-refractivity contribution is 5.85. The van der Waals surface area contributed by atoms with E-state index < -0.39 is 0 Å². The Morgan fingerprint density at radius 2 is 1.71 bits per heavy atom. The molecule has 1 aromatic carbocycles. The van der Waals surface area contributed by atoms with Gasteiger partial charge in [0.05, 0.1) is 11.8 Å². The summed E-state index contributed by atoms with van der Waals surface area (Å²) in [7, 11) is 0. The van der Waals surface area contributed by atoms with Crippen molar-refractivity contribution >= 4 is 36.2 Å². The first kappa shape index (κ1) is 15.7. The lowest BCUT2D eigenvalue weighted by molar-refractivity contribution is 0.244. The smallest absolute Gasteiger partial charge is 0.142 e. The van der Waals surface area contributed by atoms with Gasteiger partial charge in [-0.05, 0) is 32.0 Å². The number of hydrogen-bond acceptors (Lipinski definition) is 3. The van der Waals surface area contributed by atoms with Crippen molar-refractivity contribution in [2.75, 3.05) is 11.5 Å². The van der Waals surface area contributed by atoms with Crippen LogP contribution in [0.3, 0.4) is 0 Å². The maximum atomic E-state index is 5.66. The van der Waals surface area contributed by atoms with E-state index in [1.54, 1.807) is 18.2 Å². The lowest BCUT2D eigenvalue weighted by atomic mass is 10.2. The average Bonchev–Trinajstić information content (AvgIpc) is 1.94. The average molecular weight is 239 g/mol. The summed E-state index contributed by atoms with van der Waals surface area (Å²) in [5, 5.41) is 0. The van der Waals surface area contributed by atoms with Crippen LogP contribution in [-0.4, -0.2) is 6.10 Å². The summed E-state index contributed by atoms with van der Waals surface area (Å²) >= 11 is 0. The van der Waals surface area contributed by atoms with Gasteiger partial charge in [0.2, 0.25) is 0 Å². The highest BCUT2D eigenvalue weighted by atomic mass is 35.5. The molecule has 0 aliphatic heterocycles. The molecule has 0 amide bonds. The molecule has 0 saturated heterocycles. The normalized spacial score (nSPS) is 8.79. The molecule has 5 heteroatoms. The van der Waals surface area contributed by atoms with Crippen molar-refractivity contribution in [1.29, 1.82) is 0 Å². The van der Waals surface area contributed by atoms with Crippen molar-refractivity contribution in [3.63, 3.8) is 0 Å². The molecule has 0 aliphatic rings. The molecule has 3 nitrogen and oxygen atoms in total. The van der Waals surface area contributed by atoms with Gasteiger partial charge in [-0.3, -0.25) is 0 Å². The first-order chi connectivity index (χ1) is 5.59. The molecule has 0 heterocycles. The van der Waals surface area contributed by atoms with E-state index in [9.17, 15) is 0 Å². The predicted octanol–water partition coefficient (Wildman–Crippen LogP) is 2.48. The molecule has 0 aromatic heterocycles. The van der Waals surface area contributed by atoms with Crippen molar-refractivity contribution in [2.45, 2.75) is 20.0 Å². The van der Waals surface area contributed by atoms with Gasteiger partial charge in [-0.15, -0.1) is 24.8 Å². The van der Waals surface area contributed by atoms with Crippen LogP contribution in [-0.2, 0) is 0 Å². The second-order valence-corrected chi connectivity index (χ2v) is 2.96. The van der Waals surface area contributed by atoms with Gasteiger partial charge in [0.1, 0.15) is 5.75 Å². The van der Waals surface area contributed by atoms with Gasteiger partial charge < -0.3 is 16.2 Å². The number of hydrogen-bond donors (Lipinski definition) is 2. The SMILES string of the molecule is CC(C)Oc1ccc(N)cc1N.Cl.Cl. The Bertz CT molecular complexity index is 280. The van der Waals surface area contributed by atoms with Crippen molar-refractivity contribution in [2.24, 2.45) is 0 Å². The Balaban J connectivity index is 0. The molecule has 0 atom stereocenters. The van der Waals surface area contributed by atoms with Gasteiger partial charge in [0.25, 0.3) is 0 Å². The molecule has 0 saturated carbocycles. The Morgan fingerprint density at radius 3 is 2.14 bits per heavy atom. The summed E-state index contributed by atoms with van der Waals surface area (Å²) in [6.45, 7) is 3.91. The van der Waals surface area contributed by atoms with Gasteiger partial charge in [-0.2, -0.15) is 0 Å². The third-order valence-electron chi connectivity index (χ3n) is 1.40. The zero-order valence-electron chi connectivity index (χ0n) is 8.19. The van der Waals surface area contributed by atoms with Crippen LogP contribution in [0.4, 0.5) is 11.4 Å². The topological polar surface area (TPSA) is 61.3 Å². The third kappa shape index (κ3) is 4.44. The third-order valence-corrected chi connectivity index (χ3v) is 1.40. The van der Waals surface area contributed by atoms with Gasteiger partial charge in [0, 0.05) is 5.69 Å². The van der Waals surface area contributed by atoms with Crippen molar-refractivity contribution in [3.8, 4) is 5.75 Å². The molecule has 82 valence electrons. The highest BCUT2D eigenvalue weighted by Gasteiger charge is 2.01. The Kier molecular flexibility index (Phi) is 7.41. The Morgan fingerprint density at radius 1 is 1.14 bits per heavy atom. The molecule has 0 radical (unpaired) electrons. The van der Waals surface area contributed by atoms with E-state index in [1.807, 2.05) is 13.8 Å². The largest absolute Gasteiger partial charge is 0.489 e. The van der Waals surface area contributed by atoms with E-state index in [4.69, 9.17) is 16.2 Å². The Labute approximate surface area is 96.6 Å². The van der Waals surface area contributed by atoms with Crippen LogP contribution in [0.2, 0.25) is 0 Å². The summed E-state index contributed by atoms with van der Waals surface area (Å²) in [5.41, 5.74) is 12.4. The fourth-order valence-electron chi connectivity index (χ4n) is 0.928. The van der Waals surface area contributed by atoms with Crippen molar-refractivity contribution < 1.29 is 4.74 Å². The molecule has 0 aliphatic carbocycles. The van der Waals surface area contributed by atoms with Crippen LogP contribution < -0.4 is 16.2 Å². The predicted molar refractivity (Wildman–Crippen MR) is 65.5 cm³/mol. The molecule has 0 spiro atoms. The number of benzene rings is 1. The molecule has 0 unspecified atom stereocenters. The van der Waals surface area contributed by atoms with Crippen molar-refractivity contribution in [3.05, 3.63) is 18.2 Å². The molecule has 0 fully saturated rings. The van der Waals surface area contributed by atoms with Crippen LogP contribution >= 0.6 is 24.8 Å². The Hall–Kier alpha value is -0.800. The van der Waals surface area contributed by atoms with E-state index in [-0.39, 0.29) is 30.9 Å². The number of nitrogens with two attached hydrogens (primary N) is 2. The minimum Gasteiger partial charge on any atom is -0.489 e. The van der Waals surface area contributed by atoms with E-state index in [1.165, 1.54) is 0 Å². The maximum absolute atomic E-state index is 5.66. The van der Waals surface area contributed by atoms with Crippen LogP contribution in [0.1, 0.15) is 13.8 Å². The zero-order valence-corrected chi connectivity index (χ0v) is 9.82. The number of anilines is 2. The molecular formula is C9H16Cl2N2O. The van der Waals surface area contributed by atoms with E-state index in [0.717, 1.165) is 0 Å². The van der Waals surface area contributed by atoms with E-state index >= 15 is 0 Å². The summed E-state index contributed by atoms with van der Waals surface area (Å²) in [6, 6.07) is 5.25. The second kappa shape index (κ2) is 6.62. The fourth-order valence-corrected chi connectivity index (χ4v) is 0.928. The summed E-state index contributed by atoms with van der Waals surface area (Å²) < 4.78 is 5.42. The van der Waals surface area contributed by atoms with Crippen LogP contribution in [0, 0.1) is 0 Å². The minimum absolute atomic E-state index is 0. The van der Waals surface area contributed by atoms with Gasteiger partial charge >= 0.3 is 0 Å². The molecule has 4 N–H and O–H groups in total. The van der Waals surface area contributed by atoms with E-state index in [2.05, 4.69) is 0 Å². The first-order valence-electron chi connectivity index (χ1n) is 3.91. The number of rotatable bonds is 2. The van der Waals surface area contributed by atoms with Crippen LogP contribution in [0.25, 0.3) is 0 Å². The zero-order chi connectivity index (χ0) is 9.14. The fraction of sp³-hybridized carbons (Fsp3) is 0.333. The quantitative estimate of drug-likeness (QED) is 0.779. The lowest BCUT2D eigenvalue weighted by Gasteiger charge is -2.11. The molecular weight excluding hydrogens is 223 g/mol. The van der Waals surface area contributed by atoms with Gasteiger partial charge in [0.15, 0.2) is 0 Å². The highest BCUT2D eigenvalue weighted by Crippen LogP contribution is 2.24. The first-order valence-corrected chi connectivity index (χ1v) is 3.91. The summed E-state index contributed by atoms with van der Waals surface area (Å²) in [6.07, 6.45) is 0.135. The van der Waals surface area contributed by atoms with Crippen LogP contribution in [0.5, 0.6) is 5.75 Å².